The van der Waals surface area contributed by atoms with E-state index in [-0.39, 0.29) is 30.2 Å². The molecule has 2 bridgehead atoms. The molecule has 6 atom stereocenters. The summed E-state index contributed by atoms with van der Waals surface area (Å²) >= 11 is 0. The Morgan fingerprint density at radius 1 is 1.24 bits per heavy atom. The van der Waals surface area contributed by atoms with E-state index in [2.05, 4.69) is 10.6 Å². The fourth-order valence-electron chi connectivity index (χ4n) is 6.14. The van der Waals surface area contributed by atoms with Crippen molar-refractivity contribution < 1.29 is 24.2 Å². The van der Waals surface area contributed by atoms with Gasteiger partial charge in [0.25, 0.3) is 0 Å². The molecule has 3 amide bonds. The van der Waals surface area contributed by atoms with Crippen molar-refractivity contribution in [3.05, 3.63) is 30.3 Å². The number of para-hydroxylation sites is 1. The van der Waals surface area contributed by atoms with Crippen LogP contribution in [-0.4, -0.2) is 64.7 Å². The molecule has 3 fully saturated rings. The highest BCUT2D eigenvalue weighted by molar-refractivity contribution is 6.02. The molecule has 3 saturated heterocycles. The van der Waals surface area contributed by atoms with Gasteiger partial charge in [0.05, 0.1) is 30.6 Å². The number of fused-ring (bicyclic) bond motifs is 1. The van der Waals surface area contributed by atoms with E-state index < -0.39 is 35.6 Å². The van der Waals surface area contributed by atoms with Gasteiger partial charge in [0.1, 0.15) is 11.6 Å². The minimum atomic E-state index is -1.04. The molecule has 0 aliphatic carbocycles. The SMILES string of the molecule is CCCCNC(=O)C1N([C@@H](CO)CC(C)C)C(=O)[C@@H]2[C@@H](C(=O)Nc3ccccc3)[C@H]3CCC12O3. The van der Waals surface area contributed by atoms with Crippen LogP contribution < -0.4 is 10.6 Å². The van der Waals surface area contributed by atoms with Crippen molar-refractivity contribution >= 4 is 23.4 Å². The molecule has 8 heteroatoms. The third-order valence-corrected chi connectivity index (χ3v) is 7.51. The topological polar surface area (TPSA) is 108 Å². The average Bonchev–Trinajstić information content (AvgIpc) is 3.45. The van der Waals surface area contributed by atoms with Crippen molar-refractivity contribution in [1.29, 1.82) is 0 Å². The van der Waals surface area contributed by atoms with Gasteiger partial charge in [0.2, 0.25) is 17.7 Å². The number of hydrogen-bond donors (Lipinski definition) is 3. The van der Waals surface area contributed by atoms with Crippen molar-refractivity contribution in [3.63, 3.8) is 0 Å². The van der Waals surface area contributed by atoms with Gasteiger partial charge >= 0.3 is 0 Å². The van der Waals surface area contributed by atoms with E-state index >= 15 is 0 Å². The predicted octanol–water partition coefficient (Wildman–Crippen LogP) is 2.32. The van der Waals surface area contributed by atoms with Crippen LogP contribution in [-0.2, 0) is 19.1 Å². The summed E-state index contributed by atoms with van der Waals surface area (Å²) in [6.07, 6.45) is 3.11. The summed E-state index contributed by atoms with van der Waals surface area (Å²) in [7, 11) is 0. The van der Waals surface area contributed by atoms with E-state index in [1.807, 2.05) is 39.0 Å². The van der Waals surface area contributed by atoms with E-state index in [9.17, 15) is 19.5 Å². The van der Waals surface area contributed by atoms with Gasteiger partial charge in [-0.25, -0.2) is 0 Å². The van der Waals surface area contributed by atoms with Crippen LogP contribution in [0, 0.1) is 17.8 Å². The quantitative estimate of drug-likeness (QED) is 0.454. The number of carbonyl (C=O) groups is 3. The number of aliphatic hydroxyl groups excluding tert-OH is 1. The van der Waals surface area contributed by atoms with E-state index in [0.29, 0.717) is 31.5 Å². The summed E-state index contributed by atoms with van der Waals surface area (Å²) in [5, 5.41) is 16.1. The Kier molecular flexibility index (Phi) is 7.28. The number of likely N-dealkylation sites (tertiary alicyclic amines) is 1. The summed E-state index contributed by atoms with van der Waals surface area (Å²) in [4.78, 5) is 42.4. The smallest absolute Gasteiger partial charge is 0.245 e. The van der Waals surface area contributed by atoms with Crippen LogP contribution in [0.15, 0.2) is 30.3 Å². The normalized spacial score (nSPS) is 30.5. The fourth-order valence-corrected chi connectivity index (χ4v) is 6.14. The molecule has 8 nitrogen and oxygen atoms in total. The molecule has 1 spiro atoms. The molecule has 34 heavy (non-hydrogen) atoms. The summed E-state index contributed by atoms with van der Waals surface area (Å²) in [6, 6.07) is 7.80. The Morgan fingerprint density at radius 3 is 2.62 bits per heavy atom. The number of hydrogen-bond acceptors (Lipinski definition) is 5. The second-order valence-electron chi connectivity index (χ2n) is 10.3. The van der Waals surface area contributed by atoms with Crippen LogP contribution in [0.5, 0.6) is 0 Å². The minimum Gasteiger partial charge on any atom is -0.394 e. The van der Waals surface area contributed by atoms with Gasteiger partial charge in [0, 0.05) is 12.2 Å². The van der Waals surface area contributed by atoms with Gasteiger partial charge in [-0.05, 0) is 43.7 Å². The highest BCUT2D eigenvalue weighted by Gasteiger charge is 2.75. The van der Waals surface area contributed by atoms with Crippen molar-refractivity contribution in [2.45, 2.75) is 76.7 Å². The molecule has 3 aliphatic rings. The number of aliphatic hydroxyl groups is 1. The molecule has 3 aliphatic heterocycles. The first-order valence-electron chi connectivity index (χ1n) is 12.6. The van der Waals surface area contributed by atoms with E-state index in [1.165, 1.54) is 0 Å². The highest BCUT2D eigenvalue weighted by atomic mass is 16.5. The van der Waals surface area contributed by atoms with E-state index in [0.717, 1.165) is 12.8 Å². The van der Waals surface area contributed by atoms with Crippen molar-refractivity contribution in [1.82, 2.24) is 10.2 Å². The lowest BCUT2D eigenvalue weighted by atomic mass is 9.70. The zero-order valence-corrected chi connectivity index (χ0v) is 20.3. The van der Waals surface area contributed by atoms with Crippen LogP contribution in [0.2, 0.25) is 0 Å². The number of nitrogens with one attached hydrogen (secondary N) is 2. The molecule has 1 aromatic rings. The van der Waals surface area contributed by atoms with Crippen LogP contribution in [0.4, 0.5) is 5.69 Å². The lowest BCUT2D eigenvalue weighted by Gasteiger charge is -2.37. The summed E-state index contributed by atoms with van der Waals surface area (Å²) in [6.45, 7) is 6.38. The van der Waals surface area contributed by atoms with E-state index in [4.69, 9.17) is 4.74 Å². The number of amides is 3. The first-order valence-corrected chi connectivity index (χ1v) is 12.6. The van der Waals surface area contributed by atoms with Crippen molar-refractivity contribution in [2.75, 3.05) is 18.5 Å². The second kappa shape index (κ2) is 10.0. The molecule has 3 heterocycles. The number of anilines is 1. The molecular weight excluding hydrogens is 434 g/mol. The maximum Gasteiger partial charge on any atom is 0.245 e. The number of nitrogens with zero attached hydrogens (tertiary/aromatic N) is 1. The second-order valence-corrected chi connectivity index (χ2v) is 10.3. The summed E-state index contributed by atoms with van der Waals surface area (Å²) in [5.41, 5.74) is -0.380. The van der Waals surface area contributed by atoms with Gasteiger partial charge in [-0.15, -0.1) is 0 Å². The van der Waals surface area contributed by atoms with Crippen molar-refractivity contribution in [2.24, 2.45) is 17.8 Å². The molecule has 4 rings (SSSR count). The van der Waals surface area contributed by atoms with Gasteiger partial charge in [0.15, 0.2) is 0 Å². The van der Waals surface area contributed by atoms with Crippen molar-refractivity contribution in [3.8, 4) is 0 Å². The Morgan fingerprint density at radius 2 is 1.97 bits per heavy atom. The molecular formula is C26H37N3O5. The molecule has 2 unspecified atom stereocenters. The fraction of sp³-hybridized carbons (Fsp3) is 0.654. The van der Waals surface area contributed by atoms with Gasteiger partial charge in [-0.1, -0.05) is 45.4 Å². The molecule has 0 aromatic heterocycles. The number of unbranched alkanes of at least 4 members (excludes halogenated alkanes) is 1. The lowest BCUT2D eigenvalue weighted by Crippen LogP contribution is -2.58. The number of ether oxygens (including phenoxy) is 1. The van der Waals surface area contributed by atoms with Crippen LogP contribution in [0.3, 0.4) is 0 Å². The summed E-state index contributed by atoms with van der Waals surface area (Å²) in [5.74, 6) is -1.95. The minimum absolute atomic E-state index is 0.223. The molecule has 1 aromatic carbocycles. The maximum atomic E-state index is 13.9. The molecule has 3 N–H and O–H groups in total. The third kappa shape index (κ3) is 4.22. The molecule has 0 saturated carbocycles. The monoisotopic (exact) mass is 471 g/mol. The number of benzene rings is 1. The molecule has 186 valence electrons. The van der Waals surface area contributed by atoms with E-state index in [1.54, 1.807) is 17.0 Å². The number of rotatable bonds is 10. The standard InChI is InChI=1S/C26H37N3O5/c1-4-5-13-27-24(32)22-26-12-11-19(34-26)20(23(31)28-17-9-7-6-8-10-17)21(26)25(33)29(22)18(15-30)14-16(2)3/h6-10,16,18-22,30H,4-5,11-15H2,1-3H3,(H,27,32)(H,28,31)/t18-,19-,20+,21+,22?,26?/m1/s1. The van der Waals surface area contributed by atoms with Crippen LogP contribution in [0.1, 0.15) is 52.9 Å². The van der Waals surface area contributed by atoms with Crippen LogP contribution >= 0.6 is 0 Å². The first kappa shape index (κ1) is 24.7. The average molecular weight is 472 g/mol. The lowest BCUT2D eigenvalue weighted by molar-refractivity contribution is -0.145. The van der Waals surface area contributed by atoms with Gasteiger partial charge in [-0.3, -0.25) is 14.4 Å². The highest BCUT2D eigenvalue weighted by Crippen LogP contribution is 2.59. The predicted molar refractivity (Wildman–Crippen MR) is 128 cm³/mol. The molecule has 0 radical (unpaired) electrons. The van der Waals surface area contributed by atoms with Gasteiger partial charge < -0.3 is 25.4 Å². The third-order valence-electron chi connectivity index (χ3n) is 7.51. The zero-order chi connectivity index (χ0) is 24.5. The Bertz CT molecular complexity index is 907. The largest absolute Gasteiger partial charge is 0.394 e. The number of carbonyl (C=O) groups excluding carboxylic acids is 3. The van der Waals surface area contributed by atoms with Crippen LogP contribution in [0.25, 0.3) is 0 Å². The maximum absolute atomic E-state index is 13.9. The zero-order valence-electron chi connectivity index (χ0n) is 20.3. The summed E-state index contributed by atoms with van der Waals surface area (Å²) < 4.78 is 6.43. The van der Waals surface area contributed by atoms with Gasteiger partial charge in [-0.2, -0.15) is 0 Å². The Labute approximate surface area is 201 Å². The Balaban J connectivity index is 1.67. The Hall–Kier alpha value is -2.45. The first-order chi connectivity index (χ1) is 16.3.